The molecular formula is C21H25NO5S. The molecule has 0 radical (unpaired) electrons. The van der Waals surface area contributed by atoms with Gasteiger partial charge in [-0.05, 0) is 48.4 Å². The molecule has 7 heteroatoms. The first kappa shape index (κ1) is 21.5. The van der Waals surface area contributed by atoms with Crippen LogP contribution in [0.4, 0.5) is 5.69 Å². The van der Waals surface area contributed by atoms with Gasteiger partial charge in [-0.15, -0.1) is 0 Å². The molecule has 28 heavy (non-hydrogen) atoms. The molecule has 0 aliphatic rings. The van der Waals surface area contributed by atoms with Gasteiger partial charge in [0.15, 0.2) is 21.3 Å². The van der Waals surface area contributed by atoms with Crippen molar-refractivity contribution in [2.45, 2.75) is 24.7 Å². The van der Waals surface area contributed by atoms with Crippen LogP contribution in [0.5, 0.6) is 11.5 Å². The molecule has 0 saturated carbocycles. The highest BCUT2D eigenvalue weighted by molar-refractivity contribution is 7.90. The molecule has 2 aromatic carbocycles. The van der Waals surface area contributed by atoms with Crippen LogP contribution < -0.4 is 14.8 Å². The van der Waals surface area contributed by atoms with Crippen LogP contribution in [0, 0.1) is 0 Å². The first-order chi connectivity index (χ1) is 13.3. The van der Waals surface area contributed by atoms with Gasteiger partial charge in [0, 0.05) is 18.0 Å². The molecule has 1 N–H and O–H groups in total. The zero-order valence-corrected chi connectivity index (χ0v) is 17.1. The van der Waals surface area contributed by atoms with E-state index in [4.69, 9.17) is 9.47 Å². The van der Waals surface area contributed by atoms with E-state index >= 15 is 0 Å². The van der Waals surface area contributed by atoms with Crippen LogP contribution in [0.15, 0.2) is 53.4 Å². The molecule has 0 fully saturated rings. The Morgan fingerprint density at radius 2 is 1.93 bits per heavy atom. The summed E-state index contributed by atoms with van der Waals surface area (Å²) < 4.78 is 34.2. The Hall–Kier alpha value is -2.80. The van der Waals surface area contributed by atoms with E-state index in [1.807, 2.05) is 12.1 Å². The monoisotopic (exact) mass is 403 g/mol. The number of nitrogens with one attached hydrogen (secondary N) is 1. The van der Waals surface area contributed by atoms with Crippen LogP contribution in [0.1, 0.15) is 25.3 Å². The third kappa shape index (κ3) is 6.42. The zero-order valence-electron chi connectivity index (χ0n) is 16.3. The minimum Gasteiger partial charge on any atom is -0.493 e. The van der Waals surface area contributed by atoms with Crippen LogP contribution >= 0.6 is 0 Å². The summed E-state index contributed by atoms with van der Waals surface area (Å²) in [5.41, 5.74) is 1.19. The smallest absolute Gasteiger partial charge is 0.248 e. The molecule has 2 rings (SSSR count). The number of sulfone groups is 1. The van der Waals surface area contributed by atoms with E-state index in [1.54, 1.807) is 31.4 Å². The van der Waals surface area contributed by atoms with Gasteiger partial charge in [0.2, 0.25) is 5.91 Å². The summed E-state index contributed by atoms with van der Waals surface area (Å²) in [7, 11) is -1.77. The molecule has 6 nitrogen and oxygen atoms in total. The summed E-state index contributed by atoms with van der Waals surface area (Å²) in [6.45, 7) is 2.72. The lowest BCUT2D eigenvalue weighted by molar-refractivity contribution is -0.111. The number of unbranched alkanes of at least 4 members (excludes halogenated alkanes) is 1. The standard InChI is InChI=1S/C21H25NO5S/c1-4-5-13-27-19-11-9-16(14-20(19)26-2)10-12-21(23)22-17-7-6-8-18(15-17)28(3,24)25/h6-12,14-15H,4-5,13H2,1-3H3,(H,22,23)/b12-10+. The Kier molecular flexibility index (Phi) is 7.63. The largest absolute Gasteiger partial charge is 0.493 e. The van der Waals surface area contributed by atoms with E-state index < -0.39 is 9.84 Å². The minimum atomic E-state index is -3.33. The lowest BCUT2D eigenvalue weighted by Gasteiger charge is -2.11. The third-order valence-corrected chi connectivity index (χ3v) is 5.01. The zero-order chi connectivity index (χ0) is 20.6. The molecule has 2 aromatic rings. The number of amides is 1. The number of methoxy groups -OCH3 is 1. The van der Waals surface area contributed by atoms with Gasteiger partial charge in [-0.3, -0.25) is 4.79 Å². The van der Waals surface area contributed by atoms with E-state index in [-0.39, 0.29) is 10.8 Å². The van der Waals surface area contributed by atoms with Crippen molar-refractivity contribution in [3.05, 3.63) is 54.1 Å². The predicted molar refractivity (Wildman–Crippen MR) is 111 cm³/mol. The maximum absolute atomic E-state index is 12.1. The van der Waals surface area contributed by atoms with Crippen molar-refractivity contribution in [2.75, 3.05) is 25.3 Å². The topological polar surface area (TPSA) is 81.7 Å². The summed E-state index contributed by atoms with van der Waals surface area (Å²) in [6, 6.07) is 11.5. The lowest BCUT2D eigenvalue weighted by atomic mass is 10.2. The molecule has 1 amide bonds. The van der Waals surface area contributed by atoms with Gasteiger partial charge < -0.3 is 14.8 Å². The summed E-state index contributed by atoms with van der Waals surface area (Å²) in [4.78, 5) is 12.3. The van der Waals surface area contributed by atoms with Crippen molar-refractivity contribution >= 4 is 27.5 Å². The molecular weight excluding hydrogens is 378 g/mol. The fourth-order valence-corrected chi connectivity index (χ4v) is 3.06. The van der Waals surface area contributed by atoms with Crippen molar-refractivity contribution in [3.63, 3.8) is 0 Å². The highest BCUT2D eigenvalue weighted by Gasteiger charge is 2.08. The molecule has 0 atom stereocenters. The molecule has 0 saturated heterocycles. The van der Waals surface area contributed by atoms with Gasteiger partial charge in [0.25, 0.3) is 0 Å². The van der Waals surface area contributed by atoms with Crippen molar-refractivity contribution in [2.24, 2.45) is 0 Å². The number of rotatable bonds is 9. The fourth-order valence-electron chi connectivity index (χ4n) is 2.39. The van der Waals surface area contributed by atoms with Gasteiger partial charge in [0.05, 0.1) is 18.6 Å². The van der Waals surface area contributed by atoms with Crippen LogP contribution in [0.2, 0.25) is 0 Å². The Morgan fingerprint density at radius 1 is 1.14 bits per heavy atom. The number of hydrogen-bond acceptors (Lipinski definition) is 5. The van der Waals surface area contributed by atoms with E-state index in [2.05, 4.69) is 12.2 Å². The average Bonchev–Trinajstić information content (AvgIpc) is 2.66. The number of anilines is 1. The highest BCUT2D eigenvalue weighted by atomic mass is 32.2. The predicted octanol–water partition coefficient (Wildman–Crippen LogP) is 3.93. The van der Waals surface area contributed by atoms with Crippen LogP contribution in [0.3, 0.4) is 0 Å². The quantitative estimate of drug-likeness (QED) is 0.507. The number of carbonyl (C=O) groups is 1. The maximum Gasteiger partial charge on any atom is 0.248 e. The molecule has 0 bridgehead atoms. The van der Waals surface area contributed by atoms with Crippen molar-refractivity contribution < 1.29 is 22.7 Å². The van der Waals surface area contributed by atoms with Crippen molar-refractivity contribution in [1.29, 1.82) is 0 Å². The van der Waals surface area contributed by atoms with Gasteiger partial charge in [-0.2, -0.15) is 0 Å². The number of carbonyl (C=O) groups excluding carboxylic acids is 1. The van der Waals surface area contributed by atoms with E-state index in [0.717, 1.165) is 24.7 Å². The van der Waals surface area contributed by atoms with Crippen LogP contribution in [-0.2, 0) is 14.6 Å². The van der Waals surface area contributed by atoms with E-state index in [0.29, 0.717) is 23.8 Å². The first-order valence-electron chi connectivity index (χ1n) is 8.93. The summed E-state index contributed by atoms with van der Waals surface area (Å²) in [5.74, 6) is 0.891. The minimum absolute atomic E-state index is 0.151. The second-order valence-electron chi connectivity index (χ2n) is 6.23. The van der Waals surface area contributed by atoms with Gasteiger partial charge in [-0.25, -0.2) is 8.42 Å². The summed E-state index contributed by atoms with van der Waals surface area (Å²) >= 11 is 0. The average molecular weight is 404 g/mol. The molecule has 0 heterocycles. The van der Waals surface area contributed by atoms with Gasteiger partial charge >= 0.3 is 0 Å². The highest BCUT2D eigenvalue weighted by Crippen LogP contribution is 2.28. The first-order valence-corrected chi connectivity index (χ1v) is 10.8. The molecule has 0 aliphatic carbocycles. The van der Waals surface area contributed by atoms with E-state index in [9.17, 15) is 13.2 Å². The number of hydrogen-bond donors (Lipinski definition) is 1. The summed E-state index contributed by atoms with van der Waals surface area (Å²) in [6.07, 6.45) is 6.15. The van der Waals surface area contributed by atoms with E-state index in [1.165, 1.54) is 18.2 Å². The molecule has 0 spiro atoms. The Morgan fingerprint density at radius 3 is 2.61 bits per heavy atom. The normalized spacial score (nSPS) is 11.4. The van der Waals surface area contributed by atoms with Gasteiger partial charge in [-0.1, -0.05) is 25.5 Å². The third-order valence-electron chi connectivity index (χ3n) is 3.90. The van der Waals surface area contributed by atoms with Gasteiger partial charge in [0.1, 0.15) is 0 Å². The molecule has 0 aromatic heterocycles. The Balaban J connectivity index is 2.06. The van der Waals surface area contributed by atoms with Crippen LogP contribution in [0.25, 0.3) is 6.08 Å². The number of benzene rings is 2. The Bertz CT molecular complexity index is 951. The lowest BCUT2D eigenvalue weighted by Crippen LogP contribution is -2.08. The number of ether oxygens (including phenoxy) is 2. The second-order valence-corrected chi connectivity index (χ2v) is 8.25. The second kappa shape index (κ2) is 9.94. The van der Waals surface area contributed by atoms with Crippen molar-refractivity contribution in [3.8, 4) is 11.5 Å². The summed E-state index contributed by atoms with van der Waals surface area (Å²) in [5, 5.41) is 2.65. The van der Waals surface area contributed by atoms with Crippen molar-refractivity contribution in [1.82, 2.24) is 0 Å². The fraction of sp³-hybridized carbons (Fsp3) is 0.286. The SMILES string of the molecule is CCCCOc1ccc(/C=C/C(=O)Nc2cccc(S(C)(=O)=O)c2)cc1OC. The van der Waals surface area contributed by atoms with Crippen LogP contribution in [-0.4, -0.2) is 34.3 Å². The molecule has 0 aliphatic heterocycles. The molecule has 0 unspecified atom stereocenters. The Labute approximate surface area is 166 Å². The maximum atomic E-state index is 12.1. The molecule has 150 valence electrons.